The van der Waals surface area contributed by atoms with Gasteiger partial charge in [0.2, 0.25) is 0 Å². The van der Waals surface area contributed by atoms with Gasteiger partial charge in [-0.25, -0.2) is 4.39 Å². The van der Waals surface area contributed by atoms with Crippen molar-refractivity contribution < 1.29 is 17.6 Å². The van der Waals surface area contributed by atoms with Crippen LogP contribution in [0.1, 0.15) is 22.0 Å². The predicted octanol–water partition coefficient (Wildman–Crippen LogP) is 5.37. The summed E-state index contributed by atoms with van der Waals surface area (Å²) < 4.78 is 52.2. The molecule has 108 valence electrons. The number of benzene rings is 1. The van der Waals surface area contributed by atoms with E-state index in [-0.39, 0.29) is 5.56 Å². The summed E-state index contributed by atoms with van der Waals surface area (Å²) in [4.78, 5) is 0.472. The lowest BCUT2D eigenvalue weighted by molar-refractivity contribution is -0.137. The average Bonchev–Trinajstić information content (AvgIpc) is 2.68. The van der Waals surface area contributed by atoms with E-state index in [4.69, 9.17) is 17.3 Å². The Bertz CT molecular complexity index is 621. The fourth-order valence-corrected chi connectivity index (χ4v) is 3.40. The number of rotatable bonds is 2. The van der Waals surface area contributed by atoms with Gasteiger partial charge >= 0.3 is 6.18 Å². The van der Waals surface area contributed by atoms with Crippen molar-refractivity contribution >= 4 is 38.9 Å². The van der Waals surface area contributed by atoms with Crippen LogP contribution in [-0.2, 0) is 6.18 Å². The molecule has 1 heterocycles. The second kappa shape index (κ2) is 5.63. The summed E-state index contributed by atoms with van der Waals surface area (Å²) in [5.74, 6) is -0.786. The Morgan fingerprint density at radius 3 is 2.40 bits per heavy atom. The number of thiophene rings is 1. The first-order valence-corrected chi connectivity index (χ1v) is 7.26. The van der Waals surface area contributed by atoms with E-state index in [2.05, 4.69) is 15.9 Å². The van der Waals surface area contributed by atoms with Crippen molar-refractivity contribution in [2.45, 2.75) is 12.2 Å². The number of hydrogen-bond acceptors (Lipinski definition) is 2. The van der Waals surface area contributed by atoms with Crippen LogP contribution in [0.5, 0.6) is 0 Å². The second-order valence-corrected chi connectivity index (χ2v) is 6.79. The van der Waals surface area contributed by atoms with Crippen molar-refractivity contribution in [1.29, 1.82) is 0 Å². The van der Waals surface area contributed by atoms with Gasteiger partial charge in [0.05, 0.1) is 20.4 Å². The summed E-state index contributed by atoms with van der Waals surface area (Å²) in [5, 5.41) is 0.382. The molecule has 0 radical (unpaired) electrons. The zero-order valence-electron chi connectivity index (χ0n) is 9.64. The van der Waals surface area contributed by atoms with E-state index in [1.807, 2.05) is 0 Å². The Morgan fingerprint density at radius 1 is 1.25 bits per heavy atom. The summed E-state index contributed by atoms with van der Waals surface area (Å²) in [6, 6.07) is 2.67. The molecule has 0 aliphatic rings. The SMILES string of the molecule is NC(c1cc(Cl)c(Br)s1)c1cc(C(F)(F)F)ccc1F. The molecule has 2 aromatic rings. The highest BCUT2D eigenvalue weighted by Gasteiger charge is 2.32. The summed E-state index contributed by atoms with van der Waals surface area (Å²) in [5.41, 5.74) is 4.68. The highest BCUT2D eigenvalue weighted by Crippen LogP contribution is 2.38. The Hall–Kier alpha value is -0.630. The zero-order valence-corrected chi connectivity index (χ0v) is 12.8. The van der Waals surface area contributed by atoms with E-state index in [0.717, 1.165) is 23.5 Å². The predicted molar refractivity (Wildman–Crippen MR) is 74.5 cm³/mol. The lowest BCUT2D eigenvalue weighted by Gasteiger charge is -2.14. The van der Waals surface area contributed by atoms with Crippen LogP contribution in [0.4, 0.5) is 17.6 Å². The van der Waals surface area contributed by atoms with Gasteiger partial charge in [0.15, 0.2) is 0 Å². The maximum atomic E-state index is 13.7. The molecule has 2 N–H and O–H groups in total. The summed E-state index contributed by atoms with van der Waals surface area (Å²) in [6.45, 7) is 0. The third-order valence-corrected chi connectivity index (χ3v) is 5.19. The van der Waals surface area contributed by atoms with Crippen LogP contribution in [-0.4, -0.2) is 0 Å². The molecule has 0 saturated heterocycles. The average molecular weight is 389 g/mol. The van der Waals surface area contributed by atoms with Gasteiger partial charge in [0, 0.05) is 10.4 Å². The standard InChI is InChI=1S/C12H7BrClF4NS/c13-11-7(14)4-9(20-11)10(19)6-3-5(12(16,17)18)1-2-8(6)15/h1-4,10H,19H2. The molecule has 0 saturated carbocycles. The van der Waals surface area contributed by atoms with E-state index >= 15 is 0 Å². The third kappa shape index (κ3) is 3.16. The van der Waals surface area contributed by atoms with Gasteiger partial charge in [-0.05, 0) is 40.2 Å². The molecule has 0 fully saturated rings. The minimum Gasteiger partial charge on any atom is -0.320 e. The fraction of sp³-hybridized carbons (Fsp3) is 0.167. The van der Waals surface area contributed by atoms with E-state index in [1.165, 1.54) is 6.07 Å². The van der Waals surface area contributed by atoms with Gasteiger partial charge in [0.25, 0.3) is 0 Å². The van der Waals surface area contributed by atoms with Gasteiger partial charge in [-0.15, -0.1) is 11.3 Å². The second-order valence-electron chi connectivity index (χ2n) is 3.98. The molecule has 1 unspecified atom stereocenters. The van der Waals surface area contributed by atoms with Crippen LogP contribution >= 0.6 is 38.9 Å². The number of halogens is 6. The topological polar surface area (TPSA) is 26.0 Å². The molecule has 0 bridgehead atoms. The van der Waals surface area contributed by atoms with Crippen LogP contribution in [0.3, 0.4) is 0 Å². The van der Waals surface area contributed by atoms with Crippen molar-refractivity contribution in [2.24, 2.45) is 5.73 Å². The van der Waals surface area contributed by atoms with E-state index in [0.29, 0.717) is 19.8 Å². The number of nitrogens with two attached hydrogens (primary N) is 1. The Labute approximate surface area is 129 Å². The Kier molecular flexibility index (Phi) is 4.44. The van der Waals surface area contributed by atoms with Crippen molar-refractivity contribution in [1.82, 2.24) is 0 Å². The van der Waals surface area contributed by atoms with Gasteiger partial charge in [-0.3, -0.25) is 0 Å². The normalized spacial score (nSPS) is 13.6. The maximum Gasteiger partial charge on any atom is 0.416 e. The molecule has 0 amide bonds. The van der Waals surface area contributed by atoms with Crippen molar-refractivity contribution in [3.05, 3.63) is 54.9 Å². The number of hydrogen-bond donors (Lipinski definition) is 1. The monoisotopic (exact) mass is 387 g/mol. The molecule has 2 rings (SSSR count). The highest BCUT2D eigenvalue weighted by molar-refractivity contribution is 9.11. The molecule has 0 spiro atoms. The first-order chi connectivity index (χ1) is 9.20. The summed E-state index contributed by atoms with van der Waals surface area (Å²) >= 11 is 10.2. The van der Waals surface area contributed by atoms with Gasteiger partial charge < -0.3 is 5.73 Å². The van der Waals surface area contributed by atoms with Crippen LogP contribution < -0.4 is 5.73 Å². The zero-order chi connectivity index (χ0) is 15.1. The van der Waals surface area contributed by atoms with E-state index < -0.39 is 23.6 Å². The molecule has 1 atom stereocenters. The van der Waals surface area contributed by atoms with Crippen LogP contribution in [0.15, 0.2) is 28.1 Å². The van der Waals surface area contributed by atoms with Crippen molar-refractivity contribution in [3.63, 3.8) is 0 Å². The van der Waals surface area contributed by atoms with Crippen LogP contribution in [0.2, 0.25) is 5.02 Å². The first kappa shape index (κ1) is 15.8. The number of alkyl halides is 3. The molecule has 1 aromatic heterocycles. The first-order valence-electron chi connectivity index (χ1n) is 5.27. The van der Waals surface area contributed by atoms with E-state index in [9.17, 15) is 17.6 Å². The molecule has 1 nitrogen and oxygen atoms in total. The minimum absolute atomic E-state index is 0.217. The maximum absolute atomic E-state index is 13.7. The third-order valence-electron chi connectivity index (χ3n) is 2.63. The lowest BCUT2D eigenvalue weighted by Crippen LogP contribution is -2.14. The highest BCUT2D eigenvalue weighted by atomic mass is 79.9. The minimum atomic E-state index is -4.55. The molecular weight excluding hydrogens is 382 g/mol. The molecule has 20 heavy (non-hydrogen) atoms. The van der Waals surface area contributed by atoms with Gasteiger partial charge in [0.1, 0.15) is 5.82 Å². The molecule has 8 heteroatoms. The molecular formula is C12H7BrClF4NS. The van der Waals surface area contributed by atoms with E-state index in [1.54, 1.807) is 0 Å². The van der Waals surface area contributed by atoms with Crippen molar-refractivity contribution in [2.75, 3.05) is 0 Å². The van der Waals surface area contributed by atoms with Gasteiger partial charge in [-0.1, -0.05) is 11.6 Å². The quantitative estimate of drug-likeness (QED) is 0.688. The lowest BCUT2D eigenvalue weighted by atomic mass is 10.0. The smallest absolute Gasteiger partial charge is 0.320 e. The van der Waals surface area contributed by atoms with Crippen molar-refractivity contribution in [3.8, 4) is 0 Å². The van der Waals surface area contributed by atoms with Crippen LogP contribution in [0.25, 0.3) is 0 Å². The summed E-state index contributed by atoms with van der Waals surface area (Å²) in [7, 11) is 0. The summed E-state index contributed by atoms with van der Waals surface area (Å²) in [6.07, 6.45) is -4.55. The van der Waals surface area contributed by atoms with Crippen LogP contribution in [0, 0.1) is 5.82 Å². The fourth-order valence-electron chi connectivity index (χ4n) is 1.63. The molecule has 0 aliphatic carbocycles. The van der Waals surface area contributed by atoms with Gasteiger partial charge in [-0.2, -0.15) is 13.2 Å². The largest absolute Gasteiger partial charge is 0.416 e. The Morgan fingerprint density at radius 2 is 1.90 bits per heavy atom. The molecule has 1 aromatic carbocycles. The molecule has 0 aliphatic heterocycles. The Balaban J connectivity index is 2.46.